The maximum absolute atomic E-state index is 13.3. The molecule has 2 saturated heterocycles. The van der Waals surface area contributed by atoms with Crippen LogP contribution in [-0.2, 0) is 10.0 Å². The van der Waals surface area contributed by atoms with E-state index >= 15 is 0 Å². The summed E-state index contributed by atoms with van der Waals surface area (Å²) in [5, 5.41) is 18.4. The van der Waals surface area contributed by atoms with Gasteiger partial charge in [0.25, 0.3) is 0 Å². The third-order valence-corrected chi connectivity index (χ3v) is 8.70. The number of para-hydroxylation sites is 2. The molecule has 1 spiro atoms. The van der Waals surface area contributed by atoms with Crippen LogP contribution in [0.25, 0.3) is 0 Å². The summed E-state index contributed by atoms with van der Waals surface area (Å²) >= 11 is 6.14. The fraction of sp³-hybridized carbons (Fsp3) is 0.409. The molecule has 2 amide bonds. The van der Waals surface area contributed by atoms with Crippen molar-refractivity contribution in [2.45, 2.75) is 42.5 Å². The van der Waals surface area contributed by atoms with Crippen molar-refractivity contribution in [3.8, 4) is 11.5 Å². The number of aromatic hydroxyl groups is 1. The zero-order chi connectivity index (χ0) is 26.1. The number of carbonyl (C=O) groups excluding carboxylic acids is 1. The second kappa shape index (κ2) is 9.96. The molecule has 14 heteroatoms. The van der Waals surface area contributed by atoms with Crippen molar-refractivity contribution < 1.29 is 36.2 Å². The Labute approximate surface area is 210 Å². The highest BCUT2D eigenvalue weighted by Gasteiger charge is 2.41. The van der Waals surface area contributed by atoms with E-state index in [2.05, 4.69) is 20.7 Å². The van der Waals surface area contributed by atoms with Gasteiger partial charge in [-0.3, -0.25) is 0 Å². The van der Waals surface area contributed by atoms with Gasteiger partial charge in [0, 0.05) is 18.6 Å². The Morgan fingerprint density at radius 2 is 1.75 bits per heavy atom. The van der Waals surface area contributed by atoms with Crippen LogP contribution in [0, 0.1) is 0 Å². The number of benzene rings is 2. The summed E-state index contributed by atoms with van der Waals surface area (Å²) < 4.78 is 69.7. The molecule has 4 rings (SSSR count). The number of amides is 2. The summed E-state index contributed by atoms with van der Waals surface area (Å²) in [5.74, 6) is -1.43. The van der Waals surface area contributed by atoms with E-state index in [9.17, 15) is 31.5 Å². The quantitative estimate of drug-likeness (QED) is 0.409. The highest BCUT2D eigenvalue weighted by atomic mass is 35.5. The number of carbonyl (C=O) groups is 1. The second-order valence-corrected chi connectivity index (χ2v) is 10.9. The number of alkyl halides is 3. The van der Waals surface area contributed by atoms with Gasteiger partial charge < -0.3 is 25.8 Å². The lowest BCUT2D eigenvalue weighted by molar-refractivity contribution is -0.274. The van der Waals surface area contributed by atoms with Crippen LogP contribution in [0.5, 0.6) is 11.5 Å². The van der Waals surface area contributed by atoms with Gasteiger partial charge in [-0.2, -0.15) is 4.31 Å². The monoisotopic (exact) mass is 548 g/mol. The van der Waals surface area contributed by atoms with E-state index in [0.29, 0.717) is 12.8 Å². The van der Waals surface area contributed by atoms with Crippen molar-refractivity contribution in [2.75, 3.05) is 30.3 Å². The Balaban J connectivity index is 1.52. The number of hydrogen-bond donors (Lipinski definition) is 4. The standard InChI is InChI=1S/C22H24ClF3N4O5S/c23-14-6-7-16(29-20(32)28-15-4-1-2-5-17(15)35-22(24,25)26)18(31)19(14)36(33,34)30-12-9-21(10-13-30)8-3-11-27-21/h1-2,4-7,27,31H,3,8-13H2,(H2,28,29,32). The molecule has 2 aliphatic rings. The average molecular weight is 549 g/mol. The van der Waals surface area contributed by atoms with Crippen LogP contribution < -0.4 is 20.7 Å². The number of rotatable bonds is 5. The van der Waals surface area contributed by atoms with Crippen molar-refractivity contribution in [2.24, 2.45) is 0 Å². The van der Waals surface area contributed by atoms with Crippen molar-refractivity contribution in [3.63, 3.8) is 0 Å². The van der Waals surface area contributed by atoms with Gasteiger partial charge in [-0.1, -0.05) is 23.7 Å². The molecule has 36 heavy (non-hydrogen) atoms. The van der Waals surface area contributed by atoms with Crippen LogP contribution in [0.1, 0.15) is 25.7 Å². The molecule has 0 saturated carbocycles. The zero-order valence-corrected chi connectivity index (χ0v) is 20.4. The van der Waals surface area contributed by atoms with Crippen LogP contribution in [0.3, 0.4) is 0 Å². The van der Waals surface area contributed by atoms with Crippen LogP contribution >= 0.6 is 11.6 Å². The largest absolute Gasteiger partial charge is 0.573 e. The predicted octanol–water partition coefficient (Wildman–Crippen LogP) is 4.49. The summed E-state index contributed by atoms with van der Waals surface area (Å²) in [5.41, 5.74) is -0.669. The lowest BCUT2D eigenvalue weighted by Crippen LogP contribution is -2.51. The van der Waals surface area contributed by atoms with E-state index in [-0.39, 0.29) is 35.0 Å². The number of halogens is 4. The van der Waals surface area contributed by atoms with Crippen LogP contribution in [0.4, 0.5) is 29.3 Å². The van der Waals surface area contributed by atoms with Crippen molar-refractivity contribution in [1.82, 2.24) is 9.62 Å². The zero-order valence-electron chi connectivity index (χ0n) is 18.9. The fourth-order valence-corrected chi connectivity index (χ4v) is 6.57. The van der Waals surface area contributed by atoms with E-state index < -0.39 is 38.8 Å². The van der Waals surface area contributed by atoms with Crippen LogP contribution in [0.15, 0.2) is 41.3 Å². The number of nitrogens with one attached hydrogen (secondary N) is 3. The van der Waals surface area contributed by atoms with Gasteiger partial charge in [-0.05, 0) is 56.5 Å². The van der Waals surface area contributed by atoms with Gasteiger partial charge in [-0.15, -0.1) is 13.2 Å². The third kappa shape index (κ3) is 5.64. The SMILES string of the molecule is O=C(Nc1ccccc1OC(F)(F)F)Nc1ccc(Cl)c(S(=O)(=O)N2CCC3(CCCN3)CC2)c1O. The first-order valence-electron chi connectivity index (χ1n) is 11.1. The molecule has 2 aromatic carbocycles. The minimum Gasteiger partial charge on any atom is -0.504 e. The normalized spacial score (nSPS) is 18.2. The van der Waals surface area contributed by atoms with E-state index in [1.54, 1.807) is 0 Å². The number of piperidine rings is 1. The molecule has 0 unspecified atom stereocenters. The maximum Gasteiger partial charge on any atom is 0.573 e. The lowest BCUT2D eigenvalue weighted by atomic mass is 9.87. The summed E-state index contributed by atoms with van der Waals surface area (Å²) in [6.45, 7) is 1.36. The number of hydrogen-bond acceptors (Lipinski definition) is 6. The Kier molecular flexibility index (Phi) is 7.28. The maximum atomic E-state index is 13.3. The Bertz CT molecular complexity index is 1240. The van der Waals surface area contributed by atoms with Crippen molar-refractivity contribution >= 4 is 39.0 Å². The number of phenols is 1. The first kappa shape index (κ1) is 26.3. The van der Waals surface area contributed by atoms with Crippen molar-refractivity contribution in [1.29, 1.82) is 0 Å². The van der Waals surface area contributed by atoms with Crippen LogP contribution in [-0.4, -0.2) is 55.4 Å². The van der Waals surface area contributed by atoms with Crippen molar-refractivity contribution in [3.05, 3.63) is 41.4 Å². The summed E-state index contributed by atoms with van der Waals surface area (Å²) in [6, 6.07) is 6.21. The molecule has 2 aliphatic heterocycles. The molecule has 0 aliphatic carbocycles. The summed E-state index contributed by atoms with van der Waals surface area (Å²) in [7, 11) is -4.21. The summed E-state index contributed by atoms with van der Waals surface area (Å²) in [4.78, 5) is 11.9. The summed E-state index contributed by atoms with van der Waals surface area (Å²) in [6.07, 6.45) is -1.75. The predicted molar refractivity (Wildman–Crippen MR) is 127 cm³/mol. The fourth-order valence-electron chi connectivity index (χ4n) is 4.53. The molecular weight excluding hydrogens is 525 g/mol. The molecular formula is C22H24ClF3N4O5S. The molecule has 2 fully saturated rings. The highest BCUT2D eigenvalue weighted by molar-refractivity contribution is 7.89. The minimum atomic E-state index is -4.98. The molecule has 0 aromatic heterocycles. The first-order chi connectivity index (χ1) is 16.9. The first-order valence-corrected chi connectivity index (χ1v) is 12.9. The van der Waals surface area contributed by atoms with Gasteiger partial charge in [0.15, 0.2) is 11.5 Å². The van der Waals surface area contributed by atoms with Gasteiger partial charge in [0.05, 0.1) is 16.4 Å². The Morgan fingerprint density at radius 3 is 2.39 bits per heavy atom. The number of phenolic OH excluding ortho intramolecular Hbond substituents is 1. The van der Waals surface area contributed by atoms with Gasteiger partial charge >= 0.3 is 12.4 Å². The smallest absolute Gasteiger partial charge is 0.504 e. The molecule has 0 atom stereocenters. The van der Waals surface area contributed by atoms with E-state index in [4.69, 9.17) is 11.6 Å². The van der Waals surface area contributed by atoms with E-state index in [1.165, 1.54) is 34.6 Å². The third-order valence-electron chi connectivity index (χ3n) is 6.30. The number of anilines is 2. The molecule has 2 heterocycles. The number of ether oxygens (including phenoxy) is 1. The number of urea groups is 1. The molecule has 9 nitrogen and oxygen atoms in total. The molecule has 196 valence electrons. The molecule has 0 radical (unpaired) electrons. The topological polar surface area (TPSA) is 120 Å². The molecule has 0 bridgehead atoms. The van der Waals surface area contributed by atoms with Gasteiger partial charge in [0.1, 0.15) is 4.90 Å². The average Bonchev–Trinajstić information content (AvgIpc) is 3.24. The lowest BCUT2D eigenvalue weighted by Gasteiger charge is -2.39. The van der Waals surface area contributed by atoms with Gasteiger partial charge in [-0.25, -0.2) is 13.2 Å². The van der Waals surface area contributed by atoms with E-state index in [1.807, 2.05) is 0 Å². The molecule has 2 aromatic rings. The minimum absolute atomic E-state index is 0.0779. The highest BCUT2D eigenvalue weighted by Crippen LogP contribution is 2.41. The number of nitrogens with zero attached hydrogens (tertiary/aromatic N) is 1. The Morgan fingerprint density at radius 1 is 1.08 bits per heavy atom. The van der Waals surface area contributed by atoms with Crippen LogP contribution in [0.2, 0.25) is 5.02 Å². The Hall–Kier alpha value is -2.74. The second-order valence-electron chi connectivity index (χ2n) is 8.61. The molecule has 4 N–H and O–H groups in total. The number of sulfonamides is 1. The van der Waals surface area contributed by atoms with Gasteiger partial charge in [0.2, 0.25) is 10.0 Å². The van der Waals surface area contributed by atoms with E-state index in [0.717, 1.165) is 25.5 Å².